The standard InChI is InChI=1S/C16H23BrN2O/c1-16(2)13-8-18-7-12(13)10-19(16)9-11-4-5-15(20-3)14(17)6-11/h4-6,12-13,18H,7-10H2,1-3H3. The molecule has 3 nitrogen and oxygen atoms in total. The van der Waals surface area contributed by atoms with Crippen LogP contribution in [0.3, 0.4) is 0 Å². The Morgan fingerprint density at radius 2 is 2.20 bits per heavy atom. The van der Waals surface area contributed by atoms with Gasteiger partial charge in [0.15, 0.2) is 0 Å². The van der Waals surface area contributed by atoms with Crippen LogP contribution in [0.2, 0.25) is 0 Å². The number of nitrogens with one attached hydrogen (secondary N) is 1. The van der Waals surface area contributed by atoms with E-state index < -0.39 is 0 Å². The summed E-state index contributed by atoms with van der Waals surface area (Å²) in [5.74, 6) is 2.49. The Morgan fingerprint density at radius 3 is 2.85 bits per heavy atom. The predicted molar refractivity (Wildman–Crippen MR) is 85.0 cm³/mol. The predicted octanol–water partition coefficient (Wildman–Crippen LogP) is 2.89. The number of fused-ring (bicyclic) bond motifs is 1. The lowest BCUT2D eigenvalue weighted by molar-refractivity contribution is 0.132. The van der Waals surface area contributed by atoms with Crippen molar-refractivity contribution >= 4 is 15.9 Å². The van der Waals surface area contributed by atoms with Gasteiger partial charge < -0.3 is 10.1 Å². The molecule has 0 spiro atoms. The van der Waals surface area contributed by atoms with Crippen LogP contribution in [0.25, 0.3) is 0 Å². The van der Waals surface area contributed by atoms with Gasteiger partial charge in [0, 0.05) is 25.2 Å². The molecule has 3 rings (SSSR count). The summed E-state index contributed by atoms with van der Waals surface area (Å²) in [5, 5.41) is 3.54. The minimum atomic E-state index is 0.278. The Kier molecular flexibility index (Phi) is 3.82. The van der Waals surface area contributed by atoms with Crippen molar-refractivity contribution in [3.63, 3.8) is 0 Å². The average Bonchev–Trinajstić information content (AvgIpc) is 2.94. The smallest absolute Gasteiger partial charge is 0.133 e. The quantitative estimate of drug-likeness (QED) is 0.917. The summed E-state index contributed by atoms with van der Waals surface area (Å²) >= 11 is 3.58. The minimum Gasteiger partial charge on any atom is -0.496 e. The van der Waals surface area contributed by atoms with Crippen LogP contribution >= 0.6 is 15.9 Å². The summed E-state index contributed by atoms with van der Waals surface area (Å²) in [5.41, 5.74) is 1.62. The first kappa shape index (κ1) is 14.4. The van der Waals surface area contributed by atoms with E-state index in [1.807, 2.05) is 6.07 Å². The SMILES string of the molecule is COc1ccc(CN2CC3CNCC3C2(C)C)cc1Br. The van der Waals surface area contributed by atoms with E-state index in [2.05, 4.69) is 52.1 Å². The van der Waals surface area contributed by atoms with Crippen molar-refractivity contribution in [2.45, 2.75) is 25.9 Å². The lowest BCUT2D eigenvalue weighted by Crippen LogP contribution is -2.43. The molecule has 1 aromatic rings. The number of hydrogen-bond donors (Lipinski definition) is 1. The number of halogens is 1. The summed E-state index contributed by atoms with van der Waals surface area (Å²) in [6.07, 6.45) is 0. The molecule has 2 atom stereocenters. The first-order chi connectivity index (χ1) is 9.52. The fraction of sp³-hybridized carbons (Fsp3) is 0.625. The van der Waals surface area contributed by atoms with Crippen molar-refractivity contribution in [2.75, 3.05) is 26.7 Å². The monoisotopic (exact) mass is 338 g/mol. The second kappa shape index (κ2) is 5.32. The van der Waals surface area contributed by atoms with Gasteiger partial charge >= 0.3 is 0 Å². The van der Waals surface area contributed by atoms with Gasteiger partial charge in [-0.15, -0.1) is 0 Å². The molecular formula is C16H23BrN2O. The first-order valence-corrected chi connectivity index (χ1v) is 8.10. The number of benzene rings is 1. The molecule has 2 heterocycles. The molecule has 0 amide bonds. The van der Waals surface area contributed by atoms with Crippen LogP contribution in [0.5, 0.6) is 5.75 Å². The Hall–Kier alpha value is -0.580. The van der Waals surface area contributed by atoms with Crippen molar-refractivity contribution in [3.8, 4) is 5.75 Å². The highest BCUT2D eigenvalue weighted by Crippen LogP contribution is 2.41. The van der Waals surface area contributed by atoms with E-state index >= 15 is 0 Å². The molecule has 0 aromatic heterocycles. The second-order valence-corrected chi connectivity index (χ2v) is 7.38. The summed E-state index contributed by atoms with van der Waals surface area (Å²) in [7, 11) is 1.71. The molecule has 2 fully saturated rings. The highest BCUT2D eigenvalue weighted by atomic mass is 79.9. The van der Waals surface area contributed by atoms with E-state index in [0.29, 0.717) is 0 Å². The molecule has 4 heteroatoms. The Labute approximate surface area is 129 Å². The molecule has 0 bridgehead atoms. The van der Waals surface area contributed by atoms with Crippen LogP contribution in [-0.2, 0) is 6.54 Å². The van der Waals surface area contributed by atoms with Gasteiger partial charge in [-0.3, -0.25) is 4.90 Å². The highest BCUT2D eigenvalue weighted by Gasteiger charge is 2.49. The third-order valence-corrected chi connectivity index (χ3v) is 5.73. The molecule has 0 radical (unpaired) electrons. The number of likely N-dealkylation sites (tertiary alicyclic amines) is 1. The zero-order valence-electron chi connectivity index (χ0n) is 12.4. The Bertz CT molecular complexity index is 503. The summed E-state index contributed by atoms with van der Waals surface area (Å²) in [6, 6.07) is 6.40. The molecule has 0 aliphatic carbocycles. The van der Waals surface area contributed by atoms with E-state index in [1.165, 1.54) is 25.2 Å². The van der Waals surface area contributed by atoms with Crippen molar-refractivity contribution in [1.82, 2.24) is 10.2 Å². The van der Waals surface area contributed by atoms with Crippen molar-refractivity contribution in [3.05, 3.63) is 28.2 Å². The highest BCUT2D eigenvalue weighted by molar-refractivity contribution is 9.10. The molecule has 2 aliphatic rings. The maximum atomic E-state index is 5.30. The third-order valence-electron chi connectivity index (χ3n) is 5.11. The van der Waals surface area contributed by atoms with Gasteiger partial charge in [0.2, 0.25) is 0 Å². The largest absolute Gasteiger partial charge is 0.496 e. The fourth-order valence-electron chi connectivity index (χ4n) is 3.80. The second-order valence-electron chi connectivity index (χ2n) is 6.53. The van der Waals surface area contributed by atoms with Crippen LogP contribution in [0, 0.1) is 11.8 Å². The van der Waals surface area contributed by atoms with Crippen LogP contribution in [0.1, 0.15) is 19.4 Å². The molecule has 1 N–H and O–H groups in total. The Balaban J connectivity index is 1.76. The van der Waals surface area contributed by atoms with Crippen LogP contribution in [0.15, 0.2) is 22.7 Å². The molecular weight excluding hydrogens is 316 g/mol. The molecule has 0 saturated carbocycles. The van der Waals surface area contributed by atoms with Crippen molar-refractivity contribution in [2.24, 2.45) is 11.8 Å². The minimum absolute atomic E-state index is 0.278. The maximum Gasteiger partial charge on any atom is 0.133 e. The van der Waals surface area contributed by atoms with Gasteiger partial charge in [0.1, 0.15) is 5.75 Å². The molecule has 2 aliphatic heterocycles. The number of rotatable bonds is 3. The van der Waals surface area contributed by atoms with Gasteiger partial charge in [0.25, 0.3) is 0 Å². The Morgan fingerprint density at radius 1 is 1.40 bits per heavy atom. The molecule has 20 heavy (non-hydrogen) atoms. The zero-order valence-corrected chi connectivity index (χ0v) is 14.0. The number of methoxy groups -OCH3 is 1. The van der Waals surface area contributed by atoms with Gasteiger partial charge in [-0.25, -0.2) is 0 Å². The third kappa shape index (κ3) is 2.38. The molecule has 1 aromatic carbocycles. The molecule has 2 saturated heterocycles. The first-order valence-electron chi connectivity index (χ1n) is 7.30. The number of nitrogens with zero attached hydrogens (tertiary/aromatic N) is 1. The van der Waals surface area contributed by atoms with Gasteiger partial charge in [0.05, 0.1) is 11.6 Å². The normalized spacial score (nSPS) is 28.6. The molecule has 110 valence electrons. The summed E-state index contributed by atoms with van der Waals surface area (Å²) in [6.45, 7) is 9.35. The zero-order chi connectivity index (χ0) is 14.3. The average molecular weight is 339 g/mol. The number of hydrogen-bond acceptors (Lipinski definition) is 3. The van der Waals surface area contributed by atoms with Crippen molar-refractivity contribution < 1.29 is 4.74 Å². The maximum absolute atomic E-state index is 5.30. The van der Waals surface area contributed by atoms with E-state index in [1.54, 1.807) is 7.11 Å². The van der Waals surface area contributed by atoms with Gasteiger partial charge in [-0.1, -0.05) is 6.07 Å². The topological polar surface area (TPSA) is 24.5 Å². The van der Waals surface area contributed by atoms with Gasteiger partial charge in [-0.2, -0.15) is 0 Å². The summed E-state index contributed by atoms with van der Waals surface area (Å²) < 4.78 is 6.34. The lowest BCUT2D eigenvalue weighted by atomic mass is 9.85. The van der Waals surface area contributed by atoms with E-state index in [-0.39, 0.29) is 5.54 Å². The van der Waals surface area contributed by atoms with Crippen molar-refractivity contribution in [1.29, 1.82) is 0 Å². The lowest BCUT2D eigenvalue weighted by Gasteiger charge is -2.35. The van der Waals surface area contributed by atoms with E-state index in [9.17, 15) is 0 Å². The van der Waals surface area contributed by atoms with Crippen LogP contribution < -0.4 is 10.1 Å². The van der Waals surface area contributed by atoms with Gasteiger partial charge in [-0.05, 0) is 65.9 Å². The van der Waals surface area contributed by atoms with E-state index in [4.69, 9.17) is 4.74 Å². The number of ether oxygens (including phenoxy) is 1. The van der Waals surface area contributed by atoms with Crippen LogP contribution in [-0.4, -0.2) is 37.2 Å². The fourth-order valence-corrected chi connectivity index (χ4v) is 4.39. The molecule has 2 unspecified atom stereocenters. The van der Waals surface area contributed by atoms with Crippen LogP contribution in [0.4, 0.5) is 0 Å². The van der Waals surface area contributed by atoms with E-state index in [0.717, 1.165) is 28.6 Å². The summed E-state index contributed by atoms with van der Waals surface area (Å²) in [4.78, 5) is 2.64.